The van der Waals surface area contributed by atoms with Gasteiger partial charge in [0.05, 0.1) is 6.54 Å². The van der Waals surface area contributed by atoms with Crippen LogP contribution in [-0.2, 0) is 4.79 Å². The molecule has 6 heteroatoms. The molecule has 1 amide bonds. The Morgan fingerprint density at radius 2 is 2.16 bits per heavy atom. The number of nitrogens with zero attached hydrogens (tertiary/aromatic N) is 3. The Bertz CT molecular complexity index is 764. The van der Waals surface area contributed by atoms with Crippen LogP contribution in [0.5, 0.6) is 0 Å². The van der Waals surface area contributed by atoms with Gasteiger partial charge in [-0.25, -0.2) is 4.39 Å². The summed E-state index contributed by atoms with van der Waals surface area (Å²) in [5.74, 6) is 0.171. The zero-order chi connectivity index (χ0) is 18.0. The van der Waals surface area contributed by atoms with E-state index in [0.29, 0.717) is 18.0 Å². The number of nitrogens with one attached hydrogen (secondary N) is 1. The summed E-state index contributed by atoms with van der Waals surface area (Å²) in [6.45, 7) is 4.17. The average molecular weight is 344 g/mol. The highest BCUT2D eigenvalue weighted by Crippen LogP contribution is 2.30. The fourth-order valence-corrected chi connectivity index (χ4v) is 3.61. The average Bonchev–Trinajstić information content (AvgIpc) is 2.54. The van der Waals surface area contributed by atoms with Crippen LogP contribution in [0.25, 0.3) is 10.9 Å². The largest absolute Gasteiger partial charge is 0.369 e. The van der Waals surface area contributed by atoms with Crippen molar-refractivity contribution in [2.75, 3.05) is 38.6 Å². The van der Waals surface area contributed by atoms with Crippen LogP contribution in [0.3, 0.4) is 0 Å². The van der Waals surface area contributed by atoms with Gasteiger partial charge >= 0.3 is 0 Å². The zero-order valence-corrected chi connectivity index (χ0v) is 15.0. The maximum absolute atomic E-state index is 14.0. The van der Waals surface area contributed by atoms with Crippen molar-refractivity contribution in [1.82, 2.24) is 15.2 Å². The molecular formula is C19H25FN4O. The maximum atomic E-state index is 14.0. The van der Waals surface area contributed by atoms with Crippen molar-refractivity contribution >= 4 is 22.5 Å². The van der Waals surface area contributed by atoms with Crippen molar-refractivity contribution < 1.29 is 9.18 Å². The van der Waals surface area contributed by atoms with E-state index in [0.717, 1.165) is 30.6 Å². The highest BCUT2D eigenvalue weighted by molar-refractivity contribution is 5.92. The smallest absolute Gasteiger partial charge is 0.234 e. The van der Waals surface area contributed by atoms with Crippen molar-refractivity contribution in [3.63, 3.8) is 0 Å². The molecule has 2 atom stereocenters. The standard InChI is InChI=1S/C19H25FN4O/c1-13-9-14(22-18(25)12-23(2)3)11-24(10-13)17-7-6-16(20)19-15(17)5-4-8-21-19/h4-8,13-14H,9-12H2,1-3H3,(H,22,25)/t13-,14+/m0/s1. The maximum Gasteiger partial charge on any atom is 0.234 e. The number of rotatable bonds is 4. The number of aromatic nitrogens is 1. The molecule has 0 aliphatic carbocycles. The zero-order valence-electron chi connectivity index (χ0n) is 15.0. The molecule has 1 aliphatic heterocycles. The summed E-state index contributed by atoms with van der Waals surface area (Å²) in [5.41, 5.74) is 1.37. The van der Waals surface area contributed by atoms with Gasteiger partial charge in [-0.05, 0) is 50.7 Å². The second kappa shape index (κ2) is 7.35. The Kier molecular flexibility index (Phi) is 5.18. The summed E-state index contributed by atoms with van der Waals surface area (Å²) < 4.78 is 14.0. The molecule has 1 saturated heterocycles. The van der Waals surface area contributed by atoms with Crippen molar-refractivity contribution in [1.29, 1.82) is 0 Å². The lowest BCUT2D eigenvalue weighted by Crippen LogP contribution is -2.51. The van der Waals surface area contributed by atoms with Gasteiger partial charge in [-0.15, -0.1) is 0 Å². The first-order valence-corrected chi connectivity index (χ1v) is 8.66. The van der Waals surface area contributed by atoms with Gasteiger partial charge in [0.2, 0.25) is 5.91 Å². The number of benzene rings is 1. The van der Waals surface area contributed by atoms with Crippen LogP contribution in [0.1, 0.15) is 13.3 Å². The Hall–Kier alpha value is -2.21. The van der Waals surface area contributed by atoms with Crippen LogP contribution in [0, 0.1) is 11.7 Å². The van der Waals surface area contributed by atoms with E-state index in [1.54, 1.807) is 6.20 Å². The third-order valence-electron chi connectivity index (χ3n) is 4.52. The van der Waals surface area contributed by atoms with E-state index in [1.807, 2.05) is 37.2 Å². The minimum atomic E-state index is -0.305. The number of hydrogen-bond acceptors (Lipinski definition) is 4. The molecule has 0 unspecified atom stereocenters. The van der Waals surface area contributed by atoms with Crippen molar-refractivity contribution in [2.24, 2.45) is 5.92 Å². The molecule has 5 nitrogen and oxygen atoms in total. The number of piperidine rings is 1. The molecule has 0 saturated carbocycles. The number of anilines is 1. The molecule has 1 aromatic heterocycles. The van der Waals surface area contributed by atoms with Crippen LogP contribution in [-0.4, -0.2) is 55.6 Å². The molecule has 1 fully saturated rings. The van der Waals surface area contributed by atoms with Gasteiger partial charge in [-0.3, -0.25) is 9.78 Å². The number of carbonyl (C=O) groups excluding carboxylic acids is 1. The minimum Gasteiger partial charge on any atom is -0.369 e. The van der Waals surface area contributed by atoms with Gasteiger partial charge in [-0.2, -0.15) is 0 Å². The van der Waals surface area contributed by atoms with Crippen molar-refractivity contribution in [3.8, 4) is 0 Å². The Balaban J connectivity index is 1.83. The lowest BCUT2D eigenvalue weighted by molar-refractivity contribution is -0.122. The van der Waals surface area contributed by atoms with E-state index in [9.17, 15) is 9.18 Å². The summed E-state index contributed by atoms with van der Waals surface area (Å²) in [4.78, 5) is 20.4. The predicted octanol–water partition coefficient (Wildman–Crippen LogP) is 2.27. The second-order valence-electron chi connectivity index (χ2n) is 7.21. The monoisotopic (exact) mass is 344 g/mol. The molecule has 0 bridgehead atoms. The predicted molar refractivity (Wildman–Crippen MR) is 98.2 cm³/mol. The molecule has 2 aromatic rings. The Labute approximate surface area is 147 Å². The summed E-state index contributed by atoms with van der Waals surface area (Å²) in [6, 6.07) is 7.11. The van der Waals surface area contributed by atoms with Crippen LogP contribution in [0.15, 0.2) is 30.5 Å². The number of fused-ring (bicyclic) bond motifs is 1. The Morgan fingerprint density at radius 1 is 1.36 bits per heavy atom. The van der Waals surface area contributed by atoms with Crippen molar-refractivity contribution in [2.45, 2.75) is 19.4 Å². The molecule has 3 rings (SSSR count). The van der Waals surface area contributed by atoms with Gasteiger partial charge in [0, 0.05) is 36.4 Å². The van der Waals surface area contributed by atoms with Gasteiger partial charge in [0.25, 0.3) is 0 Å². The van der Waals surface area contributed by atoms with Crippen LogP contribution >= 0.6 is 0 Å². The van der Waals surface area contributed by atoms with Crippen LogP contribution < -0.4 is 10.2 Å². The fraction of sp³-hybridized carbons (Fsp3) is 0.474. The second-order valence-corrected chi connectivity index (χ2v) is 7.21. The van der Waals surface area contributed by atoms with E-state index in [2.05, 4.69) is 22.1 Å². The first-order valence-electron chi connectivity index (χ1n) is 8.66. The molecule has 0 radical (unpaired) electrons. The topological polar surface area (TPSA) is 48.5 Å². The van der Waals surface area contributed by atoms with Crippen LogP contribution in [0.2, 0.25) is 0 Å². The highest BCUT2D eigenvalue weighted by atomic mass is 19.1. The van der Waals surface area contributed by atoms with E-state index in [1.165, 1.54) is 6.07 Å². The number of carbonyl (C=O) groups is 1. The molecule has 1 aliphatic rings. The van der Waals surface area contributed by atoms with Gasteiger partial charge in [0.1, 0.15) is 11.3 Å². The van der Waals surface area contributed by atoms with Gasteiger partial charge in [0.15, 0.2) is 0 Å². The molecule has 1 N–H and O–H groups in total. The molecular weight excluding hydrogens is 319 g/mol. The quantitative estimate of drug-likeness (QED) is 0.924. The number of amides is 1. The lowest BCUT2D eigenvalue weighted by atomic mass is 9.94. The normalized spacial score (nSPS) is 20.9. The molecule has 134 valence electrons. The van der Waals surface area contributed by atoms with Crippen LogP contribution in [0.4, 0.5) is 10.1 Å². The third kappa shape index (κ3) is 4.07. The SMILES string of the molecule is C[C@H]1C[C@@H](NC(=O)CN(C)C)CN(c2ccc(F)c3ncccc23)C1. The number of halogens is 1. The van der Waals surface area contributed by atoms with E-state index < -0.39 is 0 Å². The molecule has 2 heterocycles. The lowest BCUT2D eigenvalue weighted by Gasteiger charge is -2.38. The molecule has 1 aromatic carbocycles. The van der Waals surface area contributed by atoms with E-state index >= 15 is 0 Å². The molecule has 0 spiro atoms. The van der Waals surface area contributed by atoms with Gasteiger partial charge < -0.3 is 15.1 Å². The summed E-state index contributed by atoms with van der Waals surface area (Å²) in [6.07, 6.45) is 2.56. The van der Waals surface area contributed by atoms with Gasteiger partial charge in [-0.1, -0.05) is 6.92 Å². The summed E-state index contributed by atoms with van der Waals surface area (Å²) in [7, 11) is 3.76. The van der Waals surface area contributed by atoms with E-state index in [4.69, 9.17) is 0 Å². The first-order chi connectivity index (χ1) is 11.9. The number of likely N-dealkylation sites (N-methyl/N-ethyl adjacent to an activating group) is 1. The molecule has 25 heavy (non-hydrogen) atoms. The Morgan fingerprint density at radius 3 is 2.92 bits per heavy atom. The number of pyridine rings is 1. The van der Waals surface area contributed by atoms with E-state index in [-0.39, 0.29) is 17.8 Å². The first kappa shape index (κ1) is 17.6. The fourth-order valence-electron chi connectivity index (χ4n) is 3.61. The minimum absolute atomic E-state index is 0.0367. The third-order valence-corrected chi connectivity index (χ3v) is 4.52. The summed E-state index contributed by atoms with van der Waals surface area (Å²) >= 11 is 0. The summed E-state index contributed by atoms with van der Waals surface area (Å²) in [5, 5.41) is 3.94. The number of hydrogen-bond donors (Lipinski definition) is 1. The van der Waals surface area contributed by atoms with Crippen molar-refractivity contribution in [3.05, 3.63) is 36.3 Å². The highest BCUT2D eigenvalue weighted by Gasteiger charge is 2.27.